The van der Waals surface area contributed by atoms with Crippen molar-refractivity contribution in [1.29, 1.82) is 0 Å². The van der Waals surface area contributed by atoms with Crippen molar-refractivity contribution in [3.05, 3.63) is 59.1 Å². The lowest BCUT2D eigenvalue weighted by molar-refractivity contribution is -0.131. The molecular formula is C19H21ClN2O2. The molecule has 0 aliphatic carbocycles. The fraction of sp³-hybridized carbons (Fsp3) is 0.316. The van der Waals surface area contributed by atoms with Crippen LogP contribution in [0, 0.1) is 0 Å². The van der Waals surface area contributed by atoms with Crippen LogP contribution in [0.5, 0.6) is 5.75 Å². The molecule has 0 radical (unpaired) electrons. The molecule has 1 saturated heterocycles. The van der Waals surface area contributed by atoms with Gasteiger partial charge in [0.05, 0.1) is 10.7 Å². The SMILES string of the molecule is O=C(CCc1ccccc1O)N1CCN(c2ccccc2Cl)CC1. The number of hydrogen-bond acceptors (Lipinski definition) is 3. The lowest BCUT2D eigenvalue weighted by atomic mass is 10.1. The second-order valence-corrected chi connectivity index (χ2v) is 6.36. The number of aryl methyl sites for hydroxylation is 1. The second-order valence-electron chi connectivity index (χ2n) is 5.95. The van der Waals surface area contributed by atoms with Gasteiger partial charge < -0.3 is 14.9 Å². The molecule has 0 spiro atoms. The Labute approximate surface area is 147 Å². The predicted molar refractivity (Wildman–Crippen MR) is 96.7 cm³/mol. The monoisotopic (exact) mass is 344 g/mol. The van der Waals surface area contributed by atoms with Gasteiger partial charge in [0, 0.05) is 32.6 Å². The van der Waals surface area contributed by atoms with Gasteiger partial charge in [-0.3, -0.25) is 4.79 Å². The topological polar surface area (TPSA) is 43.8 Å². The van der Waals surface area contributed by atoms with Crippen LogP contribution in [0.4, 0.5) is 5.69 Å². The maximum absolute atomic E-state index is 12.4. The zero-order valence-electron chi connectivity index (χ0n) is 13.5. The summed E-state index contributed by atoms with van der Waals surface area (Å²) in [4.78, 5) is 16.5. The molecule has 1 aliphatic heterocycles. The third kappa shape index (κ3) is 3.82. The number of carbonyl (C=O) groups excluding carboxylic acids is 1. The predicted octanol–water partition coefficient (Wildman–Crippen LogP) is 3.33. The zero-order chi connectivity index (χ0) is 16.9. The van der Waals surface area contributed by atoms with Crippen molar-refractivity contribution in [2.75, 3.05) is 31.1 Å². The van der Waals surface area contributed by atoms with Crippen LogP contribution < -0.4 is 4.90 Å². The van der Waals surface area contributed by atoms with Gasteiger partial charge in [0.2, 0.25) is 5.91 Å². The van der Waals surface area contributed by atoms with Gasteiger partial charge in [-0.1, -0.05) is 41.9 Å². The van der Waals surface area contributed by atoms with Gasteiger partial charge in [-0.2, -0.15) is 0 Å². The van der Waals surface area contributed by atoms with Gasteiger partial charge in [0.1, 0.15) is 5.75 Å². The van der Waals surface area contributed by atoms with Crippen molar-refractivity contribution >= 4 is 23.2 Å². The Bertz CT molecular complexity index is 712. The van der Waals surface area contributed by atoms with Crippen molar-refractivity contribution in [2.24, 2.45) is 0 Å². The Kier molecular flexibility index (Phi) is 5.26. The highest BCUT2D eigenvalue weighted by atomic mass is 35.5. The van der Waals surface area contributed by atoms with E-state index in [0.29, 0.717) is 25.9 Å². The third-order valence-corrected chi connectivity index (χ3v) is 4.74. The summed E-state index contributed by atoms with van der Waals surface area (Å²) >= 11 is 6.24. The Morgan fingerprint density at radius 1 is 1.00 bits per heavy atom. The smallest absolute Gasteiger partial charge is 0.223 e. The highest BCUT2D eigenvalue weighted by molar-refractivity contribution is 6.33. The molecule has 2 aromatic carbocycles. The number of para-hydroxylation sites is 2. The lowest BCUT2D eigenvalue weighted by Gasteiger charge is -2.36. The molecule has 1 N–H and O–H groups in total. The quantitative estimate of drug-likeness (QED) is 0.925. The first-order valence-corrected chi connectivity index (χ1v) is 8.57. The van der Waals surface area contributed by atoms with Crippen LogP contribution in [0.25, 0.3) is 0 Å². The van der Waals surface area contributed by atoms with Gasteiger partial charge in [-0.05, 0) is 30.2 Å². The van der Waals surface area contributed by atoms with Crippen LogP contribution in [-0.4, -0.2) is 42.1 Å². The molecule has 2 aromatic rings. The molecule has 1 heterocycles. The largest absolute Gasteiger partial charge is 0.508 e. The highest BCUT2D eigenvalue weighted by Crippen LogP contribution is 2.26. The number of carbonyl (C=O) groups is 1. The van der Waals surface area contributed by atoms with Crippen molar-refractivity contribution in [1.82, 2.24) is 4.90 Å². The van der Waals surface area contributed by atoms with Crippen molar-refractivity contribution in [3.63, 3.8) is 0 Å². The summed E-state index contributed by atoms with van der Waals surface area (Å²) < 4.78 is 0. The molecule has 3 rings (SSSR count). The van der Waals surface area contributed by atoms with E-state index in [4.69, 9.17) is 11.6 Å². The fourth-order valence-corrected chi connectivity index (χ4v) is 3.28. The molecule has 1 aliphatic rings. The van der Waals surface area contributed by atoms with Crippen LogP contribution in [0.2, 0.25) is 5.02 Å². The van der Waals surface area contributed by atoms with Crippen molar-refractivity contribution in [2.45, 2.75) is 12.8 Å². The van der Waals surface area contributed by atoms with Crippen LogP contribution in [-0.2, 0) is 11.2 Å². The number of benzene rings is 2. The summed E-state index contributed by atoms with van der Waals surface area (Å²) in [7, 11) is 0. The van der Waals surface area contributed by atoms with Gasteiger partial charge in [-0.25, -0.2) is 0 Å². The second kappa shape index (κ2) is 7.58. The number of amides is 1. The maximum atomic E-state index is 12.4. The number of rotatable bonds is 4. The molecule has 0 bridgehead atoms. The van der Waals surface area contributed by atoms with Crippen LogP contribution in [0.1, 0.15) is 12.0 Å². The van der Waals surface area contributed by atoms with E-state index in [2.05, 4.69) is 4.90 Å². The first-order chi connectivity index (χ1) is 11.6. The number of phenols is 1. The van der Waals surface area contributed by atoms with Crippen LogP contribution in [0.3, 0.4) is 0 Å². The number of halogens is 1. The molecular weight excluding hydrogens is 324 g/mol. The minimum atomic E-state index is 0.136. The number of phenolic OH excluding ortho intramolecular Hbond substituents is 1. The minimum absolute atomic E-state index is 0.136. The standard InChI is InChI=1S/C19H21ClN2O2/c20-16-6-2-3-7-17(16)21-11-13-22(14-12-21)19(24)10-9-15-5-1-4-8-18(15)23/h1-8,23H,9-14H2. The van der Waals surface area contributed by atoms with Gasteiger partial charge in [0.25, 0.3) is 0 Å². The Morgan fingerprint density at radius 3 is 2.38 bits per heavy atom. The van der Waals surface area contributed by atoms with Crippen molar-refractivity contribution in [3.8, 4) is 5.75 Å². The summed E-state index contributed by atoms with van der Waals surface area (Å²) in [6, 6.07) is 15.0. The first-order valence-electron chi connectivity index (χ1n) is 8.19. The van der Waals surface area contributed by atoms with Crippen LogP contribution in [0.15, 0.2) is 48.5 Å². The summed E-state index contributed by atoms with van der Waals surface area (Å²) in [6.45, 7) is 2.97. The maximum Gasteiger partial charge on any atom is 0.223 e. The third-order valence-electron chi connectivity index (χ3n) is 4.43. The normalized spacial score (nSPS) is 14.7. The minimum Gasteiger partial charge on any atom is -0.508 e. The number of piperazine rings is 1. The average Bonchev–Trinajstić information content (AvgIpc) is 2.61. The summed E-state index contributed by atoms with van der Waals surface area (Å²) in [5, 5.41) is 10.5. The van der Waals surface area contributed by atoms with E-state index < -0.39 is 0 Å². The number of aromatic hydroxyl groups is 1. The Hall–Kier alpha value is -2.20. The van der Waals surface area contributed by atoms with Gasteiger partial charge >= 0.3 is 0 Å². The highest BCUT2D eigenvalue weighted by Gasteiger charge is 2.22. The van der Waals surface area contributed by atoms with E-state index >= 15 is 0 Å². The molecule has 0 atom stereocenters. The molecule has 0 saturated carbocycles. The number of anilines is 1. The molecule has 1 amide bonds. The van der Waals surface area contributed by atoms with E-state index in [1.165, 1.54) is 0 Å². The summed E-state index contributed by atoms with van der Waals surface area (Å²) in [5.41, 5.74) is 1.85. The molecule has 5 heteroatoms. The number of hydrogen-bond donors (Lipinski definition) is 1. The van der Waals surface area contributed by atoms with E-state index in [1.54, 1.807) is 12.1 Å². The molecule has 4 nitrogen and oxygen atoms in total. The first kappa shape index (κ1) is 16.7. The molecule has 24 heavy (non-hydrogen) atoms. The molecule has 0 aromatic heterocycles. The molecule has 1 fully saturated rings. The molecule has 126 valence electrons. The zero-order valence-corrected chi connectivity index (χ0v) is 14.2. The van der Waals surface area contributed by atoms with E-state index in [-0.39, 0.29) is 11.7 Å². The Morgan fingerprint density at radius 2 is 1.67 bits per heavy atom. The van der Waals surface area contributed by atoms with E-state index in [9.17, 15) is 9.90 Å². The van der Waals surface area contributed by atoms with Crippen molar-refractivity contribution < 1.29 is 9.90 Å². The lowest BCUT2D eigenvalue weighted by Crippen LogP contribution is -2.48. The Balaban J connectivity index is 1.52. The average molecular weight is 345 g/mol. The fourth-order valence-electron chi connectivity index (χ4n) is 3.03. The molecule has 0 unspecified atom stereocenters. The van der Waals surface area contributed by atoms with Gasteiger partial charge in [0.15, 0.2) is 0 Å². The van der Waals surface area contributed by atoms with Gasteiger partial charge in [-0.15, -0.1) is 0 Å². The van der Waals surface area contributed by atoms with E-state index in [0.717, 1.165) is 29.4 Å². The summed E-state index contributed by atoms with van der Waals surface area (Å²) in [5.74, 6) is 0.394. The summed E-state index contributed by atoms with van der Waals surface area (Å²) in [6.07, 6.45) is 0.986. The van der Waals surface area contributed by atoms with E-state index in [1.807, 2.05) is 41.3 Å². The number of nitrogens with zero attached hydrogens (tertiary/aromatic N) is 2. The van der Waals surface area contributed by atoms with Crippen LogP contribution >= 0.6 is 11.6 Å².